The van der Waals surface area contributed by atoms with Crippen molar-refractivity contribution in [3.05, 3.63) is 22.4 Å². The highest BCUT2D eigenvalue weighted by Crippen LogP contribution is 2.16. The maximum absolute atomic E-state index is 10.9. The molecule has 1 heterocycles. The molecule has 1 rings (SSSR count). The summed E-state index contributed by atoms with van der Waals surface area (Å²) in [6, 6.07) is 1.45. The van der Waals surface area contributed by atoms with Crippen LogP contribution in [0.1, 0.15) is 0 Å². The predicted octanol–water partition coefficient (Wildman–Crippen LogP) is 0.753. The maximum atomic E-state index is 10.9. The highest BCUT2D eigenvalue weighted by molar-refractivity contribution is 5.61. The number of hydrogen-bond acceptors (Lipinski definition) is 6. The molecular weight excluding hydrogens is 212 g/mol. The Balaban J connectivity index is 2.99. The van der Waals surface area contributed by atoms with Crippen LogP contribution in [0.3, 0.4) is 0 Å². The highest BCUT2D eigenvalue weighted by atomic mass is 16.7. The van der Waals surface area contributed by atoms with Crippen molar-refractivity contribution in [3.8, 4) is 11.9 Å². The van der Waals surface area contributed by atoms with Crippen molar-refractivity contribution in [1.82, 2.24) is 0 Å². The molecule has 80 valence electrons. The van der Waals surface area contributed by atoms with E-state index in [4.69, 9.17) is 10.2 Å². The van der Waals surface area contributed by atoms with Gasteiger partial charge in [-0.25, -0.2) is 9.59 Å². The first-order valence-electron chi connectivity index (χ1n) is 3.44. The third kappa shape index (κ3) is 3.38. The summed E-state index contributed by atoms with van der Waals surface area (Å²) in [5, 5.41) is 16.4. The van der Waals surface area contributed by atoms with Gasteiger partial charge in [0, 0.05) is 0 Å². The summed E-state index contributed by atoms with van der Waals surface area (Å²) >= 11 is 0. The zero-order valence-corrected chi connectivity index (χ0v) is 7.00. The lowest BCUT2D eigenvalue weighted by Crippen LogP contribution is -2.09. The van der Waals surface area contributed by atoms with Gasteiger partial charge in [0.15, 0.2) is 5.43 Å². The fraction of sp³-hybridized carbons (Fsp3) is 0. The van der Waals surface area contributed by atoms with Crippen LogP contribution in [0.2, 0.25) is 0 Å². The fourth-order valence-electron chi connectivity index (χ4n) is 0.705. The van der Waals surface area contributed by atoms with E-state index in [1.165, 1.54) is 0 Å². The van der Waals surface area contributed by atoms with Gasteiger partial charge in [-0.3, -0.25) is 4.79 Å². The van der Waals surface area contributed by atoms with E-state index in [1.807, 2.05) is 0 Å². The van der Waals surface area contributed by atoms with Crippen LogP contribution in [0.5, 0.6) is 11.9 Å². The van der Waals surface area contributed by atoms with E-state index in [-0.39, 0.29) is 0 Å². The molecule has 0 fully saturated rings. The summed E-state index contributed by atoms with van der Waals surface area (Å²) in [6.45, 7) is 0. The molecule has 0 aliphatic heterocycles. The molecule has 8 nitrogen and oxygen atoms in total. The average molecular weight is 216 g/mol. The smallest absolute Gasteiger partial charge is 0.449 e. The van der Waals surface area contributed by atoms with Crippen LogP contribution in [0, 0.1) is 0 Å². The molecule has 0 bridgehead atoms. The van der Waals surface area contributed by atoms with Crippen molar-refractivity contribution in [3.63, 3.8) is 0 Å². The summed E-state index contributed by atoms with van der Waals surface area (Å²) in [6.07, 6.45) is -3.41. The van der Waals surface area contributed by atoms with Crippen LogP contribution in [0.25, 0.3) is 0 Å². The lowest BCUT2D eigenvalue weighted by atomic mass is 10.5. The van der Waals surface area contributed by atoms with Gasteiger partial charge in [-0.05, 0) is 0 Å². The Hall–Kier alpha value is -2.51. The van der Waals surface area contributed by atoms with Crippen molar-refractivity contribution in [2.45, 2.75) is 0 Å². The Morgan fingerprint density at radius 1 is 1.07 bits per heavy atom. The summed E-state index contributed by atoms with van der Waals surface area (Å²) in [7, 11) is 0. The molecule has 0 amide bonds. The van der Waals surface area contributed by atoms with E-state index < -0.39 is 29.6 Å². The molecule has 0 spiro atoms. The minimum absolute atomic E-state index is 0.675. The first kappa shape index (κ1) is 10.6. The van der Waals surface area contributed by atoms with Crippen molar-refractivity contribution in [2.24, 2.45) is 0 Å². The van der Waals surface area contributed by atoms with Gasteiger partial charge >= 0.3 is 24.2 Å². The van der Waals surface area contributed by atoms with Crippen molar-refractivity contribution in [1.29, 1.82) is 0 Å². The van der Waals surface area contributed by atoms with Crippen LogP contribution in [0.15, 0.2) is 21.3 Å². The Morgan fingerprint density at radius 3 is 1.80 bits per heavy atom. The fourth-order valence-corrected chi connectivity index (χ4v) is 0.705. The largest absolute Gasteiger partial charge is 0.513 e. The van der Waals surface area contributed by atoms with Gasteiger partial charge in [-0.2, -0.15) is 0 Å². The van der Waals surface area contributed by atoms with Crippen LogP contribution < -0.4 is 14.9 Å². The van der Waals surface area contributed by atoms with E-state index in [2.05, 4.69) is 13.9 Å². The van der Waals surface area contributed by atoms with Crippen LogP contribution in [0.4, 0.5) is 9.59 Å². The van der Waals surface area contributed by atoms with Crippen molar-refractivity contribution in [2.75, 3.05) is 0 Å². The lowest BCUT2D eigenvalue weighted by molar-refractivity contribution is 0.116. The lowest BCUT2D eigenvalue weighted by Gasteiger charge is -2.00. The van der Waals surface area contributed by atoms with Crippen molar-refractivity contribution >= 4 is 12.3 Å². The minimum Gasteiger partial charge on any atom is -0.449 e. The number of carboxylic acid groups (broad SMARTS) is 2. The molecule has 0 aliphatic rings. The topological polar surface area (TPSA) is 123 Å². The molecule has 8 heteroatoms. The van der Waals surface area contributed by atoms with Gasteiger partial charge in [0.25, 0.3) is 0 Å². The summed E-state index contributed by atoms with van der Waals surface area (Å²) < 4.78 is 12.5. The quantitative estimate of drug-likeness (QED) is 0.694. The van der Waals surface area contributed by atoms with E-state index in [9.17, 15) is 14.4 Å². The predicted molar refractivity (Wildman–Crippen MR) is 42.3 cm³/mol. The SMILES string of the molecule is O=C(O)Oc1cc(=O)cc(OC(=O)O)o1. The van der Waals surface area contributed by atoms with Crippen LogP contribution in [-0.4, -0.2) is 22.5 Å². The summed E-state index contributed by atoms with van der Waals surface area (Å²) in [4.78, 5) is 31.0. The standard InChI is InChI=1S/C7H4O8/c8-3-1-4(14-6(9)10)13-5(2-3)15-7(11)12/h1-2H,(H,9,10)(H,11,12). The normalized spacial score (nSPS) is 9.33. The Bertz CT molecular complexity index is 407. The van der Waals surface area contributed by atoms with Gasteiger partial charge in [-0.1, -0.05) is 0 Å². The van der Waals surface area contributed by atoms with Gasteiger partial charge in [-0.15, -0.1) is 0 Å². The monoisotopic (exact) mass is 216 g/mol. The van der Waals surface area contributed by atoms with Crippen molar-refractivity contribution < 1.29 is 33.7 Å². The molecule has 0 saturated carbocycles. The third-order valence-electron chi connectivity index (χ3n) is 1.10. The van der Waals surface area contributed by atoms with Crippen LogP contribution >= 0.6 is 0 Å². The van der Waals surface area contributed by atoms with E-state index in [1.54, 1.807) is 0 Å². The van der Waals surface area contributed by atoms with Crippen LogP contribution in [-0.2, 0) is 0 Å². The van der Waals surface area contributed by atoms with E-state index in [0.717, 1.165) is 12.1 Å². The third-order valence-corrected chi connectivity index (χ3v) is 1.10. The van der Waals surface area contributed by atoms with Gasteiger partial charge in [0.2, 0.25) is 0 Å². The number of hydrogen-bond donors (Lipinski definition) is 2. The zero-order valence-electron chi connectivity index (χ0n) is 7.00. The molecule has 0 radical (unpaired) electrons. The molecule has 15 heavy (non-hydrogen) atoms. The molecule has 0 saturated heterocycles. The molecule has 1 aromatic rings. The highest BCUT2D eigenvalue weighted by Gasteiger charge is 2.10. The average Bonchev–Trinajstić information content (AvgIpc) is 1.98. The Labute approximate surface area is 81.3 Å². The second-order valence-electron chi connectivity index (χ2n) is 2.17. The van der Waals surface area contributed by atoms with E-state index in [0.29, 0.717) is 0 Å². The van der Waals surface area contributed by atoms with Gasteiger partial charge < -0.3 is 24.1 Å². The van der Waals surface area contributed by atoms with E-state index >= 15 is 0 Å². The summed E-state index contributed by atoms with van der Waals surface area (Å²) in [5.74, 6) is -1.35. The Morgan fingerprint density at radius 2 is 1.47 bits per heavy atom. The second kappa shape index (κ2) is 4.13. The van der Waals surface area contributed by atoms with Gasteiger partial charge in [0.1, 0.15) is 0 Å². The number of carbonyl (C=O) groups is 2. The minimum atomic E-state index is -1.70. The van der Waals surface area contributed by atoms with Gasteiger partial charge in [0.05, 0.1) is 12.1 Å². The Kier molecular flexibility index (Phi) is 2.91. The number of rotatable bonds is 2. The number of ether oxygens (including phenoxy) is 2. The molecule has 2 N–H and O–H groups in total. The molecule has 0 atom stereocenters. The zero-order chi connectivity index (χ0) is 11.4. The first-order chi connectivity index (χ1) is 6.97. The molecule has 1 aromatic heterocycles. The molecule has 0 unspecified atom stereocenters. The molecule has 0 aromatic carbocycles. The second-order valence-corrected chi connectivity index (χ2v) is 2.17. The maximum Gasteiger partial charge on any atom is 0.513 e. The molecular formula is C7H4O8. The first-order valence-corrected chi connectivity index (χ1v) is 3.44. The summed E-state index contributed by atoms with van der Waals surface area (Å²) in [5.41, 5.74) is -0.714. The molecule has 0 aliphatic carbocycles.